The molecule has 35 heavy (non-hydrogen) atoms. The van der Waals surface area contributed by atoms with E-state index in [2.05, 4.69) is 38.8 Å². The Kier molecular flexibility index (Phi) is 9.39. The van der Waals surface area contributed by atoms with Gasteiger partial charge in [0.2, 0.25) is 0 Å². The molecule has 0 aliphatic rings. The first-order chi connectivity index (χ1) is 17.0. The zero-order valence-corrected chi connectivity index (χ0v) is 20.5. The number of hydrogen-bond donors (Lipinski definition) is 3. The number of rotatable bonds is 9. The van der Waals surface area contributed by atoms with Gasteiger partial charge < -0.3 is 16.4 Å². The molecule has 1 unspecified atom stereocenters. The lowest BCUT2D eigenvalue weighted by molar-refractivity contribution is 0.444. The molecular weight excluding hydrogens is 438 g/mol. The predicted molar refractivity (Wildman–Crippen MR) is 140 cm³/mol. The molecule has 9 heteroatoms. The van der Waals surface area contributed by atoms with Crippen molar-refractivity contribution in [2.75, 3.05) is 30.7 Å². The Labute approximate surface area is 206 Å². The van der Waals surface area contributed by atoms with Crippen molar-refractivity contribution in [3.05, 3.63) is 78.5 Å². The maximum atomic E-state index is 8.96. The van der Waals surface area contributed by atoms with Crippen molar-refractivity contribution >= 4 is 11.5 Å². The van der Waals surface area contributed by atoms with Crippen LogP contribution < -0.4 is 16.4 Å². The lowest BCUT2D eigenvalue weighted by atomic mass is 10.1. The summed E-state index contributed by atoms with van der Waals surface area (Å²) in [6.45, 7) is 6.48. The topological polar surface area (TPSA) is 122 Å². The van der Waals surface area contributed by atoms with E-state index >= 15 is 0 Å². The number of nitrogens with two attached hydrogens (primary N) is 1. The molecule has 1 aromatic carbocycles. The molecule has 4 aromatic rings. The molecule has 1 atom stereocenters. The molecule has 0 bridgehead atoms. The number of pyridine rings is 1. The Bertz CT molecular complexity index is 1190. The third-order valence-electron chi connectivity index (χ3n) is 5.36. The van der Waals surface area contributed by atoms with Gasteiger partial charge in [-0.05, 0) is 38.9 Å². The lowest BCUT2D eigenvalue weighted by Crippen LogP contribution is -2.26. The SMILES string of the molecule is Cc1cc(C#N)nn1C(C)CNCCCNc1cc(-c2cnn(C)c2)cnc1N.c1ccccc1. The average molecular weight is 472 g/mol. The van der Waals surface area contributed by atoms with Gasteiger partial charge in [0, 0.05) is 49.4 Å². The van der Waals surface area contributed by atoms with E-state index in [4.69, 9.17) is 11.0 Å². The van der Waals surface area contributed by atoms with Crippen molar-refractivity contribution in [3.8, 4) is 17.2 Å². The maximum Gasteiger partial charge on any atom is 0.162 e. The fourth-order valence-electron chi connectivity index (χ4n) is 3.55. The van der Waals surface area contributed by atoms with Gasteiger partial charge in [0.25, 0.3) is 0 Å². The second kappa shape index (κ2) is 12.9. The van der Waals surface area contributed by atoms with E-state index in [1.54, 1.807) is 16.9 Å². The minimum absolute atomic E-state index is 0.182. The predicted octanol–water partition coefficient (Wildman–Crippen LogP) is 3.78. The molecule has 182 valence electrons. The Morgan fingerprint density at radius 2 is 1.77 bits per heavy atom. The lowest BCUT2D eigenvalue weighted by Gasteiger charge is -2.15. The van der Waals surface area contributed by atoms with E-state index < -0.39 is 0 Å². The highest BCUT2D eigenvalue weighted by molar-refractivity contribution is 5.72. The summed E-state index contributed by atoms with van der Waals surface area (Å²) in [7, 11) is 1.89. The summed E-state index contributed by atoms with van der Waals surface area (Å²) >= 11 is 0. The number of nitrogen functional groups attached to an aromatic ring is 1. The van der Waals surface area contributed by atoms with Gasteiger partial charge in [-0.15, -0.1) is 0 Å². The normalized spacial score (nSPS) is 11.3. The summed E-state index contributed by atoms with van der Waals surface area (Å²) in [5.41, 5.74) is 10.3. The van der Waals surface area contributed by atoms with Gasteiger partial charge in [-0.1, -0.05) is 36.4 Å². The summed E-state index contributed by atoms with van der Waals surface area (Å²) < 4.78 is 3.65. The molecule has 3 heterocycles. The number of hydrogen-bond acceptors (Lipinski definition) is 7. The average Bonchev–Trinajstić information content (AvgIpc) is 3.49. The van der Waals surface area contributed by atoms with Crippen LogP contribution in [0.3, 0.4) is 0 Å². The molecule has 9 nitrogen and oxygen atoms in total. The molecule has 0 aliphatic heterocycles. The van der Waals surface area contributed by atoms with Crippen molar-refractivity contribution in [3.63, 3.8) is 0 Å². The Hall–Kier alpha value is -4.16. The molecule has 3 aromatic heterocycles. The standard InChI is InChI=1S/C20H27N9.C6H6/c1-14-7-18(9-21)27-29(14)15(2)10-23-5-4-6-24-19-8-16(11-25-20(19)22)17-12-26-28(3)13-17;1-2-4-6-5-3-1/h7-8,11-13,15,23-24H,4-6,10H2,1-3H3,(H2,22,25);1-6H. The van der Waals surface area contributed by atoms with Gasteiger partial charge in [-0.3, -0.25) is 9.36 Å². The number of anilines is 2. The first-order valence-corrected chi connectivity index (χ1v) is 11.6. The quantitative estimate of drug-likeness (QED) is 0.318. The van der Waals surface area contributed by atoms with Crippen LogP contribution in [0.15, 0.2) is 67.1 Å². The third kappa shape index (κ3) is 7.69. The second-order valence-electron chi connectivity index (χ2n) is 8.27. The zero-order chi connectivity index (χ0) is 25.0. The Morgan fingerprint density at radius 1 is 1.06 bits per heavy atom. The maximum absolute atomic E-state index is 8.96. The van der Waals surface area contributed by atoms with E-state index in [0.717, 1.165) is 48.6 Å². The molecule has 4 rings (SSSR count). The van der Waals surface area contributed by atoms with Gasteiger partial charge in [-0.2, -0.15) is 15.5 Å². The highest BCUT2D eigenvalue weighted by Crippen LogP contribution is 2.24. The minimum Gasteiger partial charge on any atom is -0.382 e. The summed E-state index contributed by atoms with van der Waals surface area (Å²) in [6, 6.07) is 18.1. The highest BCUT2D eigenvalue weighted by atomic mass is 15.3. The second-order valence-corrected chi connectivity index (χ2v) is 8.27. The van der Waals surface area contributed by atoms with Crippen LogP contribution in [0.1, 0.15) is 30.8 Å². The molecule has 0 saturated heterocycles. The highest BCUT2D eigenvalue weighted by Gasteiger charge is 2.10. The van der Waals surface area contributed by atoms with Crippen molar-refractivity contribution in [2.45, 2.75) is 26.3 Å². The fourth-order valence-corrected chi connectivity index (χ4v) is 3.55. The number of nitriles is 1. The van der Waals surface area contributed by atoms with Crippen LogP contribution in [-0.4, -0.2) is 44.2 Å². The number of aromatic nitrogens is 5. The van der Waals surface area contributed by atoms with Crippen LogP contribution in [-0.2, 0) is 7.05 Å². The molecule has 0 spiro atoms. The first-order valence-electron chi connectivity index (χ1n) is 11.6. The zero-order valence-electron chi connectivity index (χ0n) is 20.5. The number of nitrogens with one attached hydrogen (secondary N) is 2. The van der Waals surface area contributed by atoms with E-state index in [-0.39, 0.29) is 6.04 Å². The van der Waals surface area contributed by atoms with Crippen LogP contribution in [0.2, 0.25) is 0 Å². The van der Waals surface area contributed by atoms with E-state index in [9.17, 15) is 0 Å². The van der Waals surface area contributed by atoms with Crippen LogP contribution in [0.25, 0.3) is 11.1 Å². The van der Waals surface area contributed by atoms with Crippen LogP contribution in [0.4, 0.5) is 11.5 Å². The van der Waals surface area contributed by atoms with E-state index in [1.165, 1.54) is 0 Å². The van der Waals surface area contributed by atoms with Crippen molar-refractivity contribution in [1.29, 1.82) is 5.26 Å². The van der Waals surface area contributed by atoms with Crippen molar-refractivity contribution in [2.24, 2.45) is 7.05 Å². The van der Waals surface area contributed by atoms with Gasteiger partial charge in [0.15, 0.2) is 5.69 Å². The van der Waals surface area contributed by atoms with Gasteiger partial charge >= 0.3 is 0 Å². The fraction of sp³-hybridized carbons (Fsp3) is 0.308. The monoisotopic (exact) mass is 471 g/mol. The van der Waals surface area contributed by atoms with Crippen molar-refractivity contribution in [1.82, 2.24) is 29.9 Å². The smallest absolute Gasteiger partial charge is 0.162 e. The summed E-state index contributed by atoms with van der Waals surface area (Å²) in [5, 5.41) is 24.3. The van der Waals surface area contributed by atoms with Gasteiger partial charge in [0.1, 0.15) is 11.9 Å². The number of nitrogens with zero attached hydrogens (tertiary/aromatic N) is 6. The molecular formula is C26H33N9. The van der Waals surface area contributed by atoms with E-state index in [0.29, 0.717) is 11.5 Å². The number of benzene rings is 1. The summed E-state index contributed by atoms with van der Waals surface area (Å²) in [5.74, 6) is 0.488. The van der Waals surface area contributed by atoms with Gasteiger partial charge in [-0.25, -0.2) is 4.98 Å². The van der Waals surface area contributed by atoms with Crippen LogP contribution >= 0.6 is 0 Å². The van der Waals surface area contributed by atoms with E-state index in [1.807, 2.05) is 73.5 Å². The third-order valence-corrected chi connectivity index (χ3v) is 5.36. The molecule has 0 aliphatic carbocycles. The van der Waals surface area contributed by atoms with Crippen molar-refractivity contribution < 1.29 is 0 Å². The minimum atomic E-state index is 0.182. The molecule has 0 radical (unpaired) electrons. The molecule has 0 amide bonds. The van der Waals surface area contributed by atoms with Crippen LogP contribution in [0, 0.1) is 18.3 Å². The number of aryl methyl sites for hydroxylation is 2. The summed E-state index contributed by atoms with van der Waals surface area (Å²) in [4.78, 5) is 4.28. The first kappa shape index (κ1) is 25.5. The Morgan fingerprint density at radius 3 is 2.37 bits per heavy atom. The largest absolute Gasteiger partial charge is 0.382 e. The van der Waals surface area contributed by atoms with Crippen LogP contribution in [0.5, 0.6) is 0 Å². The summed E-state index contributed by atoms with van der Waals surface area (Å²) in [6.07, 6.45) is 6.45. The molecule has 0 fully saturated rings. The molecule has 0 saturated carbocycles. The Balaban J connectivity index is 0.000000497. The van der Waals surface area contributed by atoms with Gasteiger partial charge in [0.05, 0.1) is 17.9 Å². The molecule has 4 N–H and O–H groups in total.